The predicted octanol–water partition coefficient (Wildman–Crippen LogP) is 2.15. The van der Waals surface area contributed by atoms with Gasteiger partial charge in [-0.25, -0.2) is 0 Å². The van der Waals surface area contributed by atoms with Crippen molar-refractivity contribution in [3.8, 4) is 0 Å². The van der Waals surface area contributed by atoms with Crippen LogP contribution in [0.2, 0.25) is 0 Å². The summed E-state index contributed by atoms with van der Waals surface area (Å²) in [5.41, 5.74) is -0.341. The number of carbonyl (C=O) groups excluding carboxylic acids is 1. The number of aliphatic imine (C=N–C) groups is 1. The maximum atomic E-state index is 11.9. The van der Waals surface area contributed by atoms with Crippen LogP contribution in [-0.2, 0) is 4.79 Å². The van der Waals surface area contributed by atoms with Crippen LogP contribution in [0.5, 0.6) is 0 Å². The molecular weight excluding hydrogens is 441 g/mol. The van der Waals surface area contributed by atoms with Crippen LogP contribution in [0.4, 0.5) is 0 Å². The minimum absolute atomic E-state index is 0. The Kier molecular flexibility index (Phi) is 10.2. The number of nitrogens with one attached hydrogen (secondary N) is 2. The topological polar surface area (TPSA) is 60.0 Å². The monoisotopic (exact) mass is 479 g/mol. The number of carbonyl (C=O) groups is 1. The Labute approximate surface area is 176 Å². The molecule has 0 aromatic heterocycles. The van der Waals surface area contributed by atoms with Gasteiger partial charge in [0.1, 0.15) is 0 Å². The smallest absolute Gasteiger partial charge is 0.225 e. The molecule has 2 fully saturated rings. The van der Waals surface area contributed by atoms with Gasteiger partial charge in [-0.05, 0) is 45.2 Å². The van der Waals surface area contributed by atoms with Crippen LogP contribution in [0.3, 0.4) is 0 Å². The summed E-state index contributed by atoms with van der Waals surface area (Å²) >= 11 is 0. The molecule has 1 atom stereocenters. The second-order valence-corrected chi connectivity index (χ2v) is 8.35. The van der Waals surface area contributed by atoms with Crippen molar-refractivity contribution >= 4 is 35.8 Å². The van der Waals surface area contributed by atoms with E-state index in [4.69, 9.17) is 4.99 Å². The van der Waals surface area contributed by atoms with E-state index in [1.165, 1.54) is 38.9 Å². The summed E-state index contributed by atoms with van der Waals surface area (Å²) in [5.74, 6) is 1.83. The second-order valence-electron chi connectivity index (χ2n) is 8.35. The number of nitrogens with zero attached hydrogens (tertiary/aromatic N) is 3. The molecule has 1 unspecified atom stereocenters. The van der Waals surface area contributed by atoms with Crippen LogP contribution in [0.25, 0.3) is 0 Å². The summed E-state index contributed by atoms with van der Waals surface area (Å²) in [6.45, 7) is 16.0. The highest BCUT2D eigenvalue weighted by atomic mass is 127. The van der Waals surface area contributed by atoms with Crippen LogP contribution >= 0.6 is 24.0 Å². The molecule has 26 heavy (non-hydrogen) atoms. The largest absolute Gasteiger partial charge is 0.357 e. The van der Waals surface area contributed by atoms with Crippen LogP contribution in [-0.4, -0.2) is 74.0 Å². The first kappa shape index (κ1) is 23.5. The highest BCUT2D eigenvalue weighted by Crippen LogP contribution is 2.20. The summed E-state index contributed by atoms with van der Waals surface area (Å²) in [6.07, 6.45) is 3.98. The Hall–Kier alpha value is -0.570. The summed E-state index contributed by atoms with van der Waals surface area (Å²) in [7, 11) is 0. The molecule has 0 spiro atoms. The highest BCUT2D eigenvalue weighted by Gasteiger charge is 2.27. The Morgan fingerprint density at radius 1 is 1.15 bits per heavy atom. The molecular formula is C19H38IN5O. The van der Waals surface area contributed by atoms with Crippen molar-refractivity contribution in [1.82, 2.24) is 20.4 Å². The van der Waals surface area contributed by atoms with E-state index in [0.717, 1.165) is 31.5 Å². The van der Waals surface area contributed by atoms with E-state index < -0.39 is 0 Å². The molecule has 0 aromatic carbocycles. The third-order valence-electron chi connectivity index (χ3n) is 4.98. The first-order valence-corrected chi connectivity index (χ1v) is 9.94. The minimum atomic E-state index is -0.341. The van der Waals surface area contributed by atoms with Crippen LogP contribution in [0.1, 0.15) is 47.0 Å². The van der Waals surface area contributed by atoms with E-state index in [1.807, 2.05) is 20.8 Å². The van der Waals surface area contributed by atoms with Gasteiger partial charge in [0.25, 0.3) is 0 Å². The number of halogens is 1. The first-order valence-electron chi connectivity index (χ1n) is 9.94. The minimum Gasteiger partial charge on any atom is -0.357 e. The van der Waals surface area contributed by atoms with E-state index in [2.05, 4.69) is 27.4 Å². The third kappa shape index (κ3) is 7.58. The molecule has 0 bridgehead atoms. The molecule has 1 amide bonds. The fraction of sp³-hybridized carbons (Fsp3) is 0.895. The molecule has 152 valence electrons. The molecule has 7 heteroatoms. The molecule has 0 aromatic rings. The maximum absolute atomic E-state index is 11.9. The van der Waals surface area contributed by atoms with E-state index in [-0.39, 0.29) is 35.3 Å². The molecule has 2 aliphatic heterocycles. The Morgan fingerprint density at radius 2 is 1.85 bits per heavy atom. The molecule has 2 aliphatic rings. The number of amides is 1. The Morgan fingerprint density at radius 3 is 2.46 bits per heavy atom. The third-order valence-corrected chi connectivity index (χ3v) is 4.98. The lowest BCUT2D eigenvalue weighted by molar-refractivity contribution is -0.128. The van der Waals surface area contributed by atoms with Gasteiger partial charge in [-0.3, -0.25) is 9.79 Å². The van der Waals surface area contributed by atoms with Crippen molar-refractivity contribution < 1.29 is 4.79 Å². The summed E-state index contributed by atoms with van der Waals surface area (Å²) in [5, 5.41) is 6.38. The van der Waals surface area contributed by atoms with Gasteiger partial charge in [-0.15, -0.1) is 24.0 Å². The van der Waals surface area contributed by atoms with E-state index in [1.54, 1.807) is 0 Å². The summed E-state index contributed by atoms with van der Waals surface area (Å²) < 4.78 is 0. The van der Waals surface area contributed by atoms with Crippen molar-refractivity contribution in [3.05, 3.63) is 0 Å². The van der Waals surface area contributed by atoms with E-state index in [0.29, 0.717) is 13.1 Å². The first-order chi connectivity index (χ1) is 11.9. The molecule has 0 aliphatic carbocycles. The Bertz CT molecular complexity index is 457. The normalized spacial score (nSPS) is 21.6. The summed E-state index contributed by atoms with van der Waals surface area (Å²) in [4.78, 5) is 21.6. The van der Waals surface area contributed by atoms with Gasteiger partial charge in [0.2, 0.25) is 5.91 Å². The molecule has 0 radical (unpaired) electrons. The van der Waals surface area contributed by atoms with Gasteiger partial charge in [0.15, 0.2) is 5.96 Å². The lowest BCUT2D eigenvalue weighted by Crippen LogP contribution is -2.41. The average molecular weight is 479 g/mol. The van der Waals surface area contributed by atoms with E-state index in [9.17, 15) is 4.79 Å². The van der Waals surface area contributed by atoms with Gasteiger partial charge < -0.3 is 20.4 Å². The fourth-order valence-electron chi connectivity index (χ4n) is 3.53. The number of hydrogen-bond donors (Lipinski definition) is 2. The number of guanidine groups is 1. The molecule has 2 N–H and O–H groups in total. The zero-order valence-electron chi connectivity index (χ0n) is 17.0. The summed E-state index contributed by atoms with van der Waals surface area (Å²) in [6, 6.07) is 0. The van der Waals surface area contributed by atoms with Crippen molar-refractivity contribution in [2.24, 2.45) is 16.3 Å². The number of rotatable bonds is 6. The van der Waals surface area contributed by atoms with Crippen LogP contribution in [0, 0.1) is 11.3 Å². The fourth-order valence-corrected chi connectivity index (χ4v) is 3.53. The zero-order chi connectivity index (χ0) is 18.3. The van der Waals surface area contributed by atoms with Crippen molar-refractivity contribution in [2.75, 3.05) is 52.4 Å². The van der Waals surface area contributed by atoms with Gasteiger partial charge in [-0.2, -0.15) is 0 Å². The standard InChI is InChI=1S/C19H37N5O.HI/c1-5-20-18(22-10-9-21-17(25)19(2,3)4)24-13-8-16(15-24)14-23-11-6-7-12-23;/h16H,5-15H2,1-4H3,(H,20,22)(H,21,25);1H. The van der Waals surface area contributed by atoms with Crippen molar-refractivity contribution in [2.45, 2.75) is 47.0 Å². The second kappa shape index (κ2) is 11.3. The average Bonchev–Trinajstić information content (AvgIpc) is 3.21. The van der Waals surface area contributed by atoms with Crippen molar-refractivity contribution in [1.29, 1.82) is 0 Å². The Balaban J connectivity index is 0.00000338. The number of hydrogen-bond acceptors (Lipinski definition) is 3. The highest BCUT2D eigenvalue weighted by molar-refractivity contribution is 14.0. The van der Waals surface area contributed by atoms with Gasteiger partial charge in [0.05, 0.1) is 6.54 Å². The van der Waals surface area contributed by atoms with Crippen LogP contribution in [0.15, 0.2) is 4.99 Å². The number of likely N-dealkylation sites (tertiary alicyclic amines) is 2. The lowest BCUT2D eigenvalue weighted by Gasteiger charge is -2.23. The molecule has 0 saturated carbocycles. The molecule has 2 heterocycles. The van der Waals surface area contributed by atoms with E-state index >= 15 is 0 Å². The van der Waals surface area contributed by atoms with Gasteiger partial charge >= 0.3 is 0 Å². The SMILES string of the molecule is CCNC(=NCCNC(=O)C(C)(C)C)N1CCC(CN2CCCC2)C1.I. The quantitative estimate of drug-likeness (QED) is 0.265. The molecule has 6 nitrogen and oxygen atoms in total. The van der Waals surface area contributed by atoms with Gasteiger partial charge in [-0.1, -0.05) is 20.8 Å². The molecule has 2 rings (SSSR count). The predicted molar refractivity (Wildman–Crippen MR) is 119 cm³/mol. The maximum Gasteiger partial charge on any atom is 0.225 e. The van der Waals surface area contributed by atoms with Gasteiger partial charge in [0, 0.05) is 38.1 Å². The zero-order valence-corrected chi connectivity index (χ0v) is 19.3. The van der Waals surface area contributed by atoms with Crippen molar-refractivity contribution in [3.63, 3.8) is 0 Å². The lowest BCUT2D eigenvalue weighted by atomic mass is 9.96. The van der Waals surface area contributed by atoms with Crippen LogP contribution < -0.4 is 10.6 Å². The molecule has 2 saturated heterocycles.